The summed E-state index contributed by atoms with van der Waals surface area (Å²) < 4.78 is 27.0. The van der Waals surface area contributed by atoms with Crippen LogP contribution >= 0.6 is 0 Å². The number of nitrogens with zero attached hydrogens (tertiary/aromatic N) is 3. The second-order valence-electron chi connectivity index (χ2n) is 4.96. The van der Waals surface area contributed by atoms with Gasteiger partial charge in [-0.05, 0) is 19.1 Å². The maximum absolute atomic E-state index is 13.5. The molecule has 2 rings (SSSR count). The summed E-state index contributed by atoms with van der Waals surface area (Å²) in [6.45, 7) is 1.78. The van der Waals surface area contributed by atoms with Gasteiger partial charge in [0.1, 0.15) is 28.8 Å². The second-order valence-corrected chi connectivity index (χ2v) is 4.96. The Bertz CT molecular complexity index is 684. The fourth-order valence-corrected chi connectivity index (χ4v) is 1.88. The van der Waals surface area contributed by atoms with Gasteiger partial charge in [0.25, 0.3) is 5.91 Å². The third-order valence-corrected chi connectivity index (χ3v) is 2.94. The highest BCUT2D eigenvalue weighted by atomic mass is 19.1. The van der Waals surface area contributed by atoms with E-state index in [-0.39, 0.29) is 6.54 Å². The highest BCUT2D eigenvalue weighted by Crippen LogP contribution is 2.12. The summed E-state index contributed by atoms with van der Waals surface area (Å²) in [6.07, 6.45) is 0. The van der Waals surface area contributed by atoms with Crippen LogP contribution < -0.4 is 10.2 Å². The smallest absolute Gasteiger partial charge is 0.257 e. The molecule has 0 aliphatic rings. The van der Waals surface area contributed by atoms with Crippen molar-refractivity contribution in [3.63, 3.8) is 0 Å². The molecule has 1 N–H and O–H groups in total. The van der Waals surface area contributed by atoms with Crippen molar-refractivity contribution in [3.8, 4) is 0 Å². The number of halogens is 2. The summed E-state index contributed by atoms with van der Waals surface area (Å²) in [4.78, 5) is 22.2. The minimum absolute atomic E-state index is 0.0187. The summed E-state index contributed by atoms with van der Waals surface area (Å²) in [6, 6.07) is 5.06. The fraction of sp³-hybridized carbons (Fsp3) is 0.267. The van der Waals surface area contributed by atoms with Crippen LogP contribution in [0.3, 0.4) is 0 Å². The molecular weight excluding hydrogens is 290 g/mol. The van der Waals surface area contributed by atoms with Gasteiger partial charge in [0.2, 0.25) is 0 Å². The first-order chi connectivity index (χ1) is 10.4. The van der Waals surface area contributed by atoms with Gasteiger partial charge in [-0.25, -0.2) is 18.7 Å². The van der Waals surface area contributed by atoms with Crippen LogP contribution in [0.2, 0.25) is 0 Å². The van der Waals surface area contributed by atoms with Crippen LogP contribution in [0.4, 0.5) is 14.6 Å². The van der Waals surface area contributed by atoms with Crippen LogP contribution in [0.1, 0.15) is 21.9 Å². The SMILES string of the molecule is Cc1cc(N(C)C)nc(CNC(=O)c2c(F)cccc2F)n1. The normalized spacial score (nSPS) is 10.4. The van der Waals surface area contributed by atoms with Gasteiger partial charge in [-0.3, -0.25) is 4.79 Å². The van der Waals surface area contributed by atoms with E-state index in [2.05, 4.69) is 15.3 Å². The zero-order valence-corrected chi connectivity index (χ0v) is 12.5. The highest BCUT2D eigenvalue weighted by molar-refractivity contribution is 5.94. The largest absolute Gasteiger partial charge is 0.363 e. The number of aromatic nitrogens is 2. The molecule has 1 amide bonds. The lowest BCUT2D eigenvalue weighted by molar-refractivity contribution is 0.0941. The molecule has 0 spiro atoms. The predicted octanol–water partition coefficient (Wildman–Crippen LogP) is 2.06. The minimum atomic E-state index is -0.906. The molecule has 0 saturated carbocycles. The lowest BCUT2D eigenvalue weighted by Crippen LogP contribution is -2.26. The zero-order valence-electron chi connectivity index (χ0n) is 12.5. The quantitative estimate of drug-likeness (QED) is 0.939. The van der Waals surface area contributed by atoms with Crippen LogP contribution in [-0.2, 0) is 6.54 Å². The molecule has 0 radical (unpaired) electrons. The van der Waals surface area contributed by atoms with Crippen molar-refractivity contribution in [3.05, 3.63) is 53.0 Å². The van der Waals surface area contributed by atoms with Gasteiger partial charge >= 0.3 is 0 Å². The van der Waals surface area contributed by atoms with Crippen molar-refractivity contribution >= 4 is 11.7 Å². The number of nitrogens with one attached hydrogen (secondary N) is 1. The van der Waals surface area contributed by atoms with E-state index in [1.165, 1.54) is 6.07 Å². The van der Waals surface area contributed by atoms with E-state index in [1.807, 2.05) is 14.1 Å². The molecule has 116 valence electrons. The van der Waals surface area contributed by atoms with Gasteiger partial charge < -0.3 is 10.2 Å². The first-order valence-electron chi connectivity index (χ1n) is 6.62. The van der Waals surface area contributed by atoms with Crippen molar-refractivity contribution in [2.24, 2.45) is 0 Å². The third-order valence-electron chi connectivity index (χ3n) is 2.94. The number of carbonyl (C=O) groups is 1. The average Bonchev–Trinajstić information content (AvgIpc) is 2.44. The number of hydrogen-bond donors (Lipinski definition) is 1. The summed E-state index contributed by atoms with van der Waals surface area (Å²) in [5.74, 6) is -1.59. The molecule has 1 heterocycles. The van der Waals surface area contributed by atoms with Crippen LogP contribution in [0.15, 0.2) is 24.3 Å². The van der Waals surface area contributed by atoms with E-state index >= 15 is 0 Å². The van der Waals surface area contributed by atoms with E-state index in [1.54, 1.807) is 17.9 Å². The molecule has 22 heavy (non-hydrogen) atoms. The molecule has 1 aromatic carbocycles. The Hall–Kier alpha value is -2.57. The monoisotopic (exact) mass is 306 g/mol. The van der Waals surface area contributed by atoms with Crippen molar-refractivity contribution in [1.29, 1.82) is 0 Å². The number of carbonyl (C=O) groups excluding carboxylic acids is 1. The molecular formula is C15H16F2N4O. The van der Waals surface area contributed by atoms with Gasteiger partial charge in [-0.15, -0.1) is 0 Å². The molecule has 0 aliphatic heterocycles. The Morgan fingerprint density at radius 1 is 1.23 bits per heavy atom. The molecule has 0 bridgehead atoms. The summed E-state index contributed by atoms with van der Waals surface area (Å²) >= 11 is 0. The Morgan fingerprint density at radius 2 is 1.86 bits per heavy atom. The first kappa shape index (κ1) is 15.8. The van der Waals surface area contributed by atoms with Gasteiger partial charge in [-0.1, -0.05) is 6.07 Å². The number of hydrogen-bond acceptors (Lipinski definition) is 4. The highest BCUT2D eigenvalue weighted by Gasteiger charge is 2.17. The standard InChI is InChI=1S/C15H16F2N4O/c1-9-7-13(21(2)3)20-12(19-9)8-18-15(22)14-10(16)5-4-6-11(14)17/h4-7H,8H2,1-3H3,(H,18,22). The van der Waals surface area contributed by atoms with Crippen molar-refractivity contribution in [2.45, 2.75) is 13.5 Å². The van der Waals surface area contributed by atoms with Crippen LogP contribution in [0, 0.1) is 18.6 Å². The summed E-state index contributed by atoms with van der Waals surface area (Å²) in [5.41, 5.74) is 0.128. The van der Waals surface area contributed by atoms with Crippen molar-refractivity contribution in [2.75, 3.05) is 19.0 Å². The first-order valence-corrected chi connectivity index (χ1v) is 6.62. The van der Waals surface area contributed by atoms with E-state index in [4.69, 9.17) is 0 Å². The molecule has 1 aromatic heterocycles. The summed E-state index contributed by atoms with van der Waals surface area (Å²) in [5, 5.41) is 2.43. The number of benzene rings is 1. The van der Waals surface area contributed by atoms with Crippen LogP contribution in [0.5, 0.6) is 0 Å². The average molecular weight is 306 g/mol. The molecule has 0 saturated heterocycles. The number of amides is 1. The maximum Gasteiger partial charge on any atom is 0.257 e. The maximum atomic E-state index is 13.5. The van der Waals surface area contributed by atoms with Gasteiger partial charge in [-0.2, -0.15) is 0 Å². The van der Waals surface area contributed by atoms with Gasteiger partial charge in [0.05, 0.1) is 6.54 Å². The molecule has 5 nitrogen and oxygen atoms in total. The molecule has 0 unspecified atom stereocenters. The third kappa shape index (κ3) is 3.55. The van der Waals surface area contributed by atoms with E-state index in [0.29, 0.717) is 11.6 Å². The van der Waals surface area contributed by atoms with Crippen molar-refractivity contribution < 1.29 is 13.6 Å². The lowest BCUT2D eigenvalue weighted by atomic mass is 10.2. The van der Waals surface area contributed by atoms with E-state index < -0.39 is 23.1 Å². The predicted molar refractivity (Wildman–Crippen MR) is 78.6 cm³/mol. The Balaban J connectivity index is 2.15. The van der Waals surface area contributed by atoms with Crippen LogP contribution in [0.25, 0.3) is 0 Å². The molecule has 0 aliphatic carbocycles. The summed E-state index contributed by atoms with van der Waals surface area (Å²) in [7, 11) is 3.66. The second kappa shape index (κ2) is 6.46. The Labute approximate surface area is 127 Å². The minimum Gasteiger partial charge on any atom is -0.363 e. The van der Waals surface area contributed by atoms with Gasteiger partial charge in [0.15, 0.2) is 0 Å². The molecule has 0 fully saturated rings. The van der Waals surface area contributed by atoms with Crippen molar-refractivity contribution in [1.82, 2.24) is 15.3 Å². The zero-order chi connectivity index (χ0) is 16.3. The molecule has 7 heteroatoms. The van der Waals surface area contributed by atoms with Gasteiger partial charge in [0, 0.05) is 25.9 Å². The molecule has 0 atom stereocenters. The Morgan fingerprint density at radius 3 is 2.45 bits per heavy atom. The number of anilines is 1. The molecule has 2 aromatic rings. The van der Waals surface area contributed by atoms with E-state index in [0.717, 1.165) is 17.8 Å². The fourth-order valence-electron chi connectivity index (χ4n) is 1.88. The Kier molecular flexibility index (Phi) is 4.65. The topological polar surface area (TPSA) is 58.1 Å². The number of rotatable bonds is 4. The van der Waals surface area contributed by atoms with E-state index in [9.17, 15) is 13.6 Å². The number of aryl methyl sites for hydroxylation is 1. The lowest BCUT2D eigenvalue weighted by Gasteiger charge is -2.13. The van der Waals surface area contributed by atoms with Crippen LogP contribution in [-0.4, -0.2) is 30.0 Å².